The molecule has 1 aromatic heterocycles. The van der Waals surface area contributed by atoms with E-state index in [4.69, 9.17) is 0 Å². The lowest BCUT2D eigenvalue weighted by atomic mass is 10.1. The fourth-order valence-electron chi connectivity index (χ4n) is 1.65. The van der Waals surface area contributed by atoms with E-state index in [1.54, 1.807) is 18.5 Å². The maximum atomic E-state index is 13.0. The van der Waals surface area contributed by atoms with Gasteiger partial charge in [0, 0.05) is 33.9 Å². The largest absolute Gasteiger partial charge is 0.392 e. The highest BCUT2D eigenvalue weighted by molar-refractivity contribution is 9.10. The summed E-state index contributed by atoms with van der Waals surface area (Å²) < 4.78 is 13.9. The fraction of sp³-hybridized carbons (Fsp3) is 0.214. The molecule has 2 rings (SSSR count). The van der Waals surface area contributed by atoms with Crippen LogP contribution in [0.15, 0.2) is 52.1 Å². The highest BCUT2D eigenvalue weighted by Crippen LogP contribution is 2.21. The molecular weight excluding hydrogens is 329 g/mol. The Hall–Kier alpha value is -0.910. The Morgan fingerprint density at radius 1 is 1.32 bits per heavy atom. The van der Waals surface area contributed by atoms with Gasteiger partial charge in [-0.15, -0.1) is 11.8 Å². The summed E-state index contributed by atoms with van der Waals surface area (Å²) in [6, 6.07) is 8.32. The van der Waals surface area contributed by atoms with Gasteiger partial charge in [-0.1, -0.05) is 6.07 Å². The van der Waals surface area contributed by atoms with E-state index in [0.717, 1.165) is 14.9 Å². The van der Waals surface area contributed by atoms with Gasteiger partial charge in [0.2, 0.25) is 0 Å². The first kappa shape index (κ1) is 14.5. The van der Waals surface area contributed by atoms with Gasteiger partial charge < -0.3 is 5.11 Å². The van der Waals surface area contributed by atoms with Crippen molar-refractivity contribution in [2.75, 3.05) is 5.75 Å². The number of nitrogens with zero attached hydrogens (tertiary/aromatic N) is 1. The zero-order valence-electron chi connectivity index (χ0n) is 10.1. The molecule has 2 aromatic rings. The lowest BCUT2D eigenvalue weighted by Gasteiger charge is -2.10. The summed E-state index contributed by atoms with van der Waals surface area (Å²) >= 11 is 4.79. The van der Waals surface area contributed by atoms with E-state index in [9.17, 15) is 9.50 Å². The summed E-state index contributed by atoms with van der Waals surface area (Å²) in [7, 11) is 0. The molecule has 0 fully saturated rings. The molecule has 0 radical (unpaired) electrons. The van der Waals surface area contributed by atoms with Gasteiger partial charge in [0.1, 0.15) is 5.82 Å². The Morgan fingerprint density at radius 2 is 2.16 bits per heavy atom. The first-order valence-corrected chi connectivity index (χ1v) is 7.57. The third kappa shape index (κ3) is 4.93. The Bertz CT molecular complexity index is 552. The molecule has 0 aliphatic carbocycles. The quantitative estimate of drug-likeness (QED) is 0.842. The fourth-order valence-corrected chi connectivity index (χ4v) is 2.93. The van der Waals surface area contributed by atoms with Gasteiger partial charge in [-0.25, -0.2) is 4.39 Å². The van der Waals surface area contributed by atoms with Crippen molar-refractivity contribution in [2.24, 2.45) is 0 Å². The second-order valence-corrected chi connectivity index (χ2v) is 6.15. The highest BCUT2D eigenvalue weighted by Gasteiger charge is 2.07. The monoisotopic (exact) mass is 341 g/mol. The van der Waals surface area contributed by atoms with Gasteiger partial charge in [0.15, 0.2) is 0 Å². The van der Waals surface area contributed by atoms with Gasteiger partial charge in [-0.2, -0.15) is 0 Å². The van der Waals surface area contributed by atoms with Crippen LogP contribution in [0.1, 0.15) is 5.56 Å². The number of pyridine rings is 1. The summed E-state index contributed by atoms with van der Waals surface area (Å²) in [6.45, 7) is 0. The number of benzene rings is 1. The van der Waals surface area contributed by atoms with E-state index >= 15 is 0 Å². The third-order valence-electron chi connectivity index (χ3n) is 2.47. The Labute approximate surface area is 124 Å². The van der Waals surface area contributed by atoms with Crippen molar-refractivity contribution in [2.45, 2.75) is 17.4 Å². The van der Waals surface area contributed by atoms with Crippen molar-refractivity contribution < 1.29 is 9.50 Å². The van der Waals surface area contributed by atoms with Crippen molar-refractivity contribution in [1.82, 2.24) is 4.98 Å². The summed E-state index contributed by atoms with van der Waals surface area (Å²) in [5, 5.41) is 9.97. The predicted octanol–water partition coefficient (Wildman–Crippen LogP) is 3.68. The second-order valence-electron chi connectivity index (χ2n) is 4.14. The minimum Gasteiger partial charge on any atom is -0.392 e. The lowest BCUT2D eigenvalue weighted by molar-refractivity contribution is 0.200. The molecule has 19 heavy (non-hydrogen) atoms. The Balaban J connectivity index is 1.86. The standard InChI is InChI=1S/C14H13BrFNOS/c15-11-4-10(7-17-8-11)5-13(18)9-19-14-3-1-2-12(16)6-14/h1-4,6-8,13,18H,5,9H2. The Morgan fingerprint density at radius 3 is 2.89 bits per heavy atom. The normalized spacial score (nSPS) is 12.4. The number of hydrogen-bond donors (Lipinski definition) is 1. The minimum atomic E-state index is -0.482. The van der Waals surface area contributed by atoms with E-state index in [-0.39, 0.29) is 5.82 Å². The third-order valence-corrected chi connectivity index (χ3v) is 4.04. The van der Waals surface area contributed by atoms with E-state index in [0.29, 0.717) is 12.2 Å². The average Bonchev–Trinajstić information content (AvgIpc) is 2.36. The maximum Gasteiger partial charge on any atom is 0.124 e. The van der Waals surface area contributed by atoms with Crippen LogP contribution in [0.3, 0.4) is 0 Å². The van der Waals surface area contributed by atoms with Gasteiger partial charge in [-0.05, 0) is 45.8 Å². The number of aliphatic hydroxyl groups is 1. The summed E-state index contributed by atoms with van der Waals surface area (Å²) in [4.78, 5) is 4.88. The van der Waals surface area contributed by atoms with Gasteiger partial charge in [0.05, 0.1) is 6.10 Å². The molecule has 0 spiro atoms. The number of rotatable bonds is 5. The summed E-state index contributed by atoms with van der Waals surface area (Å²) in [6.07, 6.45) is 3.50. The zero-order chi connectivity index (χ0) is 13.7. The average molecular weight is 342 g/mol. The van der Waals surface area contributed by atoms with E-state index < -0.39 is 6.10 Å². The second kappa shape index (κ2) is 7.03. The number of aromatic nitrogens is 1. The molecule has 100 valence electrons. The summed E-state index contributed by atoms with van der Waals surface area (Å²) in [5.74, 6) is 0.270. The van der Waals surface area contributed by atoms with Crippen molar-refractivity contribution in [1.29, 1.82) is 0 Å². The molecule has 0 saturated heterocycles. The van der Waals surface area contributed by atoms with Crippen LogP contribution in [-0.4, -0.2) is 21.9 Å². The van der Waals surface area contributed by atoms with Crippen molar-refractivity contribution in [3.8, 4) is 0 Å². The molecule has 1 heterocycles. The molecule has 0 aliphatic rings. The first-order chi connectivity index (χ1) is 9.13. The number of aliphatic hydroxyl groups excluding tert-OH is 1. The van der Waals surface area contributed by atoms with Crippen LogP contribution in [0.4, 0.5) is 4.39 Å². The number of hydrogen-bond acceptors (Lipinski definition) is 3. The minimum absolute atomic E-state index is 0.254. The molecule has 1 unspecified atom stereocenters. The predicted molar refractivity (Wildman–Crippen MR) is 78.8 cm³/mol. The first-order valence-electron chi connectivity index (χ1n) is 5.79. The SMILES string of the molecule is OC(CSc1cccc(F)c1)Cc1cncc(Br)c1. The van der Waals surface area contributed by atoms with Crippen molar-refractivity contribution >= 4 is 27.7 Å². The van der Waals surface area contributed by atoms with E-state index in [1.165, 1.54) is 23.9 Å². The molecule has 0 amide bonds. The number of thioether (sulfide) groups is 1. The van der Waals surface area contributed by atoms with Crippen LogP contribution in [0.25, 0.3) is 0 Å². The molecule has 2 nitrogen and oxygen atoms in total. The van der Waals surface area contributed by atoms with Gasteiger partial charge in [0.25, 0.3) is 0 Å². The van der Waals surface area contributed by atoms with Crippen LogP contribution in [-0.2, 0) is 6.42 Å². The molecule has 0 aliphatic heterocycles. The molecule has 0 saturated carbocycles. The van der Waals surface area contributed by atoms with Crippen LogP contribution in [0.5, 0.6) is 0 Å². The van der Waals surface area contributed by atoms with Crippen LogP contribution < -0.4 is 0 Å². The Kier molecular flexibility index (Phi) is 5.36. The molecule has 1 atom stereocenters. The lowest BCUT2D eigenvalue weighted by Crippen LogP contribution is -2.13. The molecule has 1 N–H and O–H groups in total. The topological polar surface area (TPSA) is 33.1 Å². The van der Waals surface area contributed by atoms with Crippen LogP contribution >= 0.6 is 27.7 Å². The van der Waals surface area contributed by atoms with Crippen LogP contribution in [0.2, 0.25) is 0 Å². The molecule has 1 aromatic carbocycles. The molecule has 5 heteroatoms. The maximum absolute atomic E-state index is 13.0. The molecular formula is C14H13BrFNOS. The highest BCUT2D eigenvalue weighted by atomic mass is 79.9. The van der Waals surface area contributed by atoms with Gasteiger partial charge in [-0.3, -0.25) is 4.98 Å². The van der Waals surface area contributed by atoms with E-state index in [2.05, 4.69) is 20.9 Å². The summed E-state index contributed by atoms with van der Waals surface area (Å²) in [5.41, 5.74) is 0.974. The zero-order valence-corrected chi connectivity index (χ0v) is 12.5. The van der Waals surface area contributed by atoms with Crippen molar-refractivity contribution in [3.63, 3.8) is 0 Å². The van der Waals surface area contributed by atoms with Gasteiger partial charge >= 0.3 is 0 Å². The molecule has 0 bridgehead atoms. The smallest absolute Gasteiger partial charge is 0.124 e. The number of halogens is 2. The van der Waals surface area contributed by atoms with Crippen molar-refractivity contribution in [3.05, 3.63) is 58.6 Å². The van der Waals surface area contributed by atoms with Crippen LogP contribution in [0, 0.1) is 5.82 Å². The van der Waals surface area contributed by atoms with E-state index in [1.807, 2.05) is 12.1 Å².